The number of fused-ring (bicyclic) bond motifs is 1. The molecule has 4 nitrogen and oxygen atoms in total. The van der Waals surface area contributed by atoms with Crippen LogP contribution in [0.5, 0.6) is 0 Å². The molecule has 4 rings (SSSR count). The van der Waals surface area contributed by atoms with Gasteiger partial charge in [-0.05, 0) is 69.3 Å². The topological polar surface area (TPSA) is 31.5 Å². The number of hydrogen-bond donors (Lipinski definition) is 1. The Bertz CT molecular complexity index is 768. The van der Waals surface area contributed by atoms with E-state index in [-0.39, 0.29) is 0 Å². The molecular formula is C22H33N3O. The lowest BCUT2D eigenvalue weighted by molar-refractivity contribution is 0.0673. The Balaban J connectivity index is 1.44. The predicted octanol–water partition coefficient (Wildman–Crippen LogP) is 3.72. The van der Waals surface area contributed by atoms with E-state index < -0.39 is 0 Å². The van der Waals surface area contributed by atoms with Gasteiger partial charge in [-0.2, -0.15) is 0 Å². The molecule has 0 radical (unpaired) electrons. The quantitative estimate of drug-likeness (QED) is 0.887. The number of methoxy groups -OCH3 is 1. The van der Waals surface area contributed by atoms with Crippen molar-refractivity contribution < 1.29 is 4.74 Å². The maximum atomic E-state index is 5.29. The van der Waals surface area contributed by atoms with Crippen LogP contribution in [0.2, 0.25) is 0 Å². The van der Waals surface area contributed by atoms with Gasteiger partial charge < -0.3 is 14.6 Å². The maximum Gasteiger partial charge on any atom is 0.0589 e. The summed E-state index contributed by atoms with van der Waals surface area (Å²) >= 11 is 0. The molecule has 2 fully saturated rings. The second-order valence-electron chi connectivity index (χ2n) is 8.61. The normalized spacial score (nSPS) is 24.9. The molecule has 1 aromatic carbocycles. The van der Waals surface area contributed by atoms with E-state index in [4.69, 9.17) is 4.74 Å². The van der Waals surface area contributed by atoms with Gasteiger partial charge in [0.05, 0.1) is 6.61 Å². The van der Waals surface area contributed by atoms with Gasteiger partial charge in [0.1, 0.15) is 0 Å². The molecule has 1 atom stereocenters. The van der Waals surface area contributed by atoms with Crippen molar-refractivity contribution in [3.8, 4) is 0 Å². The highest BCUT2D eigenvalue weighted by atomic mass is 16.5. The fraction of sp³-hybridized carbons (Fsp3) is 0.636. The SMILES string of the molecule is COCCN1CCCC2(CCN(Cc3[nH]c4ccc(C)cc4c3C)C2)C1. The predicted molar refractivity (Wildman–Crippen MR) is 108 cm³/mol. The third-order valence-corrected chi connectivity index (χ3v) is 6.57. The summed E-state index contributed by atoms with van der Waals surface area (Å²) in [5.41, 5.74) is 5.94. The third-order valence-electron chi connectivity index (χ3n) is 6.57. The van der Waals surface area contributed by atoms with Crippen LogP contribution < -0.4 is 0 Å². The number of benzene rings is 1. The molecule has 26 heavy (non-hydrogen) atoms. The summed E-state index contributed by atoms with van der Waals surface area (Å²) in [6.45, 7) is 12.4. The zero-order chi connectivity index (χ0) is 18.1. The van der Waals surface area contributed by atoms with Gasteiger partial charge >= 0.3 is 0 Å². The van der Waals surface area contributed by atoms with E-state index in [1.165, 1.54) is 73.2 Å². The number of aromatic nitrogens is 1. The van der Waals surface area contributed by atoms with Gasteiger partial charge in [0.25, 0.3) is 0 Å². The largest absolute Gasteiger partial charge is 0.383 e. The number of hydrogen-bond acceptors (Lipinski definition) is 3. The number of nitrogens with one attached hydrogen (secondary N) is 1. The minimum absolute atomic E-state index is 0.502. The van der Waals surface area contributed by atoms with Gasteiger partial charge in [-0.15, -0.1) is 0 Å². The highest BCUT2D eigenvalue weighted by Gasteiger charge is 2.41. The average molecular weight is 356 g/mol. The first kappa shape index (κ1) is 18.0. The zero-order valence-electron chi connectivity index (χ0n) is 16.6. The molecule has 0 amide bonds. The first-order valence-corrected chi connectivity index (χ1v) is 10.1. The van der Waals surface area contributed by atoms with Crippen molar-refractivity contribution in [3.05, 3.63) is 35.0 Å². The molecule has 0 saturated carbocycles. The number of nitrogens with zero attached hydrogens (tertiary/aromatic N) is 2. The third kappa shape index (κ3) is 3.55. The number of piperidine rings is 1. The van der Waals surface area contributed by atoms with Crippen LogP contribution in [0, 0.1) is 19.3 Å². The highest BCUT2D eigenvalue weighted by Crippen LogP contribution is 2.39. The standard InChI is InChI=1S/C22H33N3O/c1-17-5-6-20-19(13-17)18(2)21(23-20)14-25-10-8-22(16-25)7-4-9-24(15-22)11-12-26-3/h5-6,13,23H,4,7-12,14-16H2,1-3H3. The van der Waals surface area contributed by atoms with Crippen LogP contribution in [0.1, 0.15) is 36.1 Å². The van der Waals surface area contributed by atoms with Gasteiger partial charge in [0.15, 0.2) is 0 Å². The maximum absolute atomic E-state index is 5.29. The Morgan fingerprint density at radius 3 is 2.81 bits per heavy atom. The Morgan fingerprint density at radius 1 is 1.12 bits per heavy atom. The number of aromatic amines is 1. The fourth-order valence-corrected chi connectivity index (χ4v) is 5.10. The van der Waals surface area contributed by atoms with Gasteiger partial charge in [-0.3, -0.25) is 4.90 Å². The van der Waals surface area contributed by atoms with E-state index in [1.54, 1.807) is 7.11 Å². The van der Waals surface area contributed by atoms with Crippen molar-refractivity contribution in [1.29, 1.82) is 0 Å². The molecule has 2 aliphatic heterocycles. The van der Waals surface area contributed by atoms with Crippen LogP contribution in [-0.4, -0.2) is 61.2 Å². The summed E-state index contributed by atoms with van der Waals surface area (Å²) in [5, 5.41) is 1.39. The molecule has 2 aliphatic rings. The van der Waals surface area contributed by atoms with E-state index in [0.29, 0.717) is 5.41 Å². The summed E-state index contributed by atoms with van der Waals surface area (Å²) in [4.78, 5) is 8.97. The molecule has 1 unspecified atom stereocenters. The molecule has 2 saturated heterocycles. The van der Waals surface area contributed by atoms with E-state index in [0.717, 1.165) is 19.7 Å². The molecule has 0 aliphatic carbocycles. The van der Waals surface area contributed by atoms with Crippen LogP contribution in [0.25, 0.3) is 10.9 Å². The monoisotopic (exact) mass is 355 g/mol. The van der Waals surface area contributed by atoms with Crippen LogP contribution in [0.15, 0.2) is 18.2 Å². The van der Waals surface area contributed by atoms with Crippen molar-refractivity contribution in [2.24, 2.45) is 5.41 Å². The molecule has 1 aromatic heterocycles. The van der Waals surface area contributed by atoms with Crippen LogP contribution in [0.4, 0.5) is 0 Å². The first-order chi connectivity index (χ1) is 12.6. The van der Waals surface area contributed by atoms with Crippen molar-refractivity contribution in [3.63, 3.8) is 0 Å². The molecule has 0 bridgehead atoms. The summed E-state index contributed by atoms with van der Waals surface area (Å²) in [5.74, 6) is 0. The number of aryl methyl sites for hydroxylation is 2. The summed E-state index contributed by atoms with van der Waals surface area (Å²) < 4.78 is 5.29. The lowest BCUT2D eigenvalue weighted by Crippen LogP contribution is -2.45. The number of likely N-dealkylation sites (tertiary alicyclic amines) is 2. The molecule has 142 valence electrons. The van der Waals surface area contributed by atoms with Crippen LogP contribution in [-0.2, 0) is 11.3 Å². The lowest BCUT2D eigenvalue weighted by atomic mass is 9.79. The van der Waals surface area contributed by atoms with Crippen molar-refractivity contribution in [2.45, 2.75) is 39.7 Å². The average Bonchev–Trinajstić information content (AvgIpc) is 3.15. The van der Waals surface area contributed by atoms with E-state index in [2.05, 4.69) is 46.8 Å². The number of H-pyrrole nitrogens is 1. The molecule has 4 heteroatoms. The van der Waals surface area contributed by atoms with Gasteiger partial charge in [-0.1, -0.05) is 11.6 Å². The Morgan fingerprint density at radius 2 is 1.96 bits per heavy atom. The number of rotatable bonds is 5. The number of ether oxygens (including phenoxy) is 1. The van der Waals surface area contributed by atoms with Crippen molar-refractivity contribution >= 4 is 10.9 Å². The van der Waals surface area contributed by atoms with Crippen LogP contribution in [0.3, 0.4) is 0 Å². The van der Waals surface area contributed by atoms with Gasteiger partial charge in [0.2, 0.25) is 0 Å². The van der Waals surface area contributed by atoms with Crippen LogP contribution >= 0.6 is 0 Å². The Kier molecular flexibility index (Phi) is 5.09. The van der Waals surface area contributed by atoms with E-state index in [9.17, 15) is 0 Å². The second-order valence-corrected chi connectivity index (χ2v) is 8.61. The van der Waals surface area contributed by atoms with E-state index >= 15 is 0 Å². The smallest absolute Gasteiger partial charge is 0.0589 e. The fourth-order valence-electron chi connectivity index (χ4n) is 5.10. The second kappa shape index (κ2) is 7.34. The van der Waals surface area contributed by atoms with Crippen molar-refractivity contribution in [2.75, 3.05) is 46.4 Å². The summed E-state index contributed by atoms with van der Waals surface area (Å²) in [6.07, 6.45) is 4.06. The van der Waals surface area contributed by atoms with Gasteiger partial charge in [-0.25, -0.2) is 0 Å². The molecule has 1 spiro atoms. The molecule has 3 heterocycles. The first-order valence-electron chi connectivity index (χ1n) is 10.1. The summed E-state index contributed by atoms with van der Waals surface area (Å²) in [7, 11) is 1.81. The molecular weight excluding hydrogens is 322 g/mol. The lowest BCUT2D eigenvalue weighted by Gasteiger charge is -2.40. The highest BCUT2D eigenvalue weighted by molar-refractivity contribution is 5.85. The molecule has 2 aromatic rings. The minimum atomic E-state index is 0.502. The van der Waals surface area contributed by atoms with Crippen molar-refractivity contribution in [1.82, 2.24) is 14.8 Å². The minimum Gasteiger partial charge on any atom is -0.383 e. The Hall–Kier alpha value is -1.36. The van der Waals surface area contributed by atoms with E-state index in [1.807, 2.05) is 0 Å². The Labute approximate surface area is 157 Å². The zero-order valence-corrected chi connectivity index (χ0v) is 16.6. The van der Waals surface area contributed by atoms with Gasteiger partial charge in [0, 0.05) is 49.9 Å². The summed E-state index contributed by atoms with van der Waals surface area (Å²) in [6, 6.07) is 6.73. The molecule has 1 N–H and O–H groups in total.